The van der Waals surface area contributed by atoms with E-state index in [4.69, 9.17) is 21.4 Å². The molecule has 1 heterocycles. The first-order valence-electron chi connectivity index (χ1n) is 7.56. The Kier molecular flexibility index (Phi) is 6.99. The quantitative estimate of drug-likeness (QED) is 0.763. The maximum Gasteiger partial charge on any atom is 0.303 e. The summed E-state index contributed by atoms with van der Waals surface area (Å²) in [5.74, 6) is 0.587. The number of ether oxygens (including phenoxy) is 1. The molecule has 1 aliphatic rings. The van der Waals surface area contributed by atoms with Crippen LogP contribution in [0.3, 0.4) is 0 Å². The Morgan fingerprint density at radius 3 is 3.05 bits per heavy atom. The molecule has 1 saturated heterocycles. The van der Waals surface area contributed by atoms with Crippen molar-refractivity contribution >= 4 is 33.5 Å². The van der Waals surface area contributed by atoms with Gasteiger partial charge < -0.3 is 9.84 Å². The predicted octanol–water partition coefficient (Wildman–Crippen LogP) is 4.06. The van der Waals surface area contributed by atoms with Gasteiger partial charge in [-0.05, 0) is 65.9 Å². The molecule has 1 unspecified atom stereocenters. The SMILES string of the molecule is O=C(O)CCC1CCCN(CCOc2ccc(Cl)cc2Br)C1. The summed E-state index contributed by atoms with van der Waals surface area (Å²) < 4.78 is 6.65. The van der Waals surface area contributed by atoms with Crippen molar-refractivity contribution in [3.05, 3.63) is 27.7 Å². The first-order chi connectivity index (χ1) is 10.5. The molecular formula is C16H21BrClNO3. The summed E-state index contributed by atoms with van der Waals surface area (Å²) in [7, 11) is 0. The third-order valence-corrected chi connectivity index (χ3v) is 4.78. The highest BCUT2D eigenvalue weighted by atomic mass is 79.9. The third kappa shape index (κ3) is 5.78. The monoisotopic (exact) mass is 389 g/mol. The number of piperidine rings is 1. The number of benzene rings is 1. The van der Waals surface area contributed by atoms with Crippen LogP contribution in [-0.2, 0) is 4.79 Å². The second kappa shape index (κ2) is 8.75. The van der Waals surface area contributed by atoms with E-state index in [1.807, 2.05) is 18.2 Å². The normalized spacial score (nSPS) is 19.1. The molecule has 1 aromatic carbocycles. The van der Waals surface area contributed by atoms with Crippen LogP contribution in [-0.4, -0.2) is 42.2 Å². The lowest BCUT2D eigenvalue weighted by atomic mass is 9.93. The number of aliphatic carboxylic acids is 1. The molecule has 2 rings (SSSR count). The lowest BCUT2D eigenvalue weighted by Crippen LogP contribution is -2.38. The summed E-state index contributed by atoms with van der Waals surface area (Å²) in [6, 6.07) is 5.49. The summed E-state index contributed by atoms with van der Waals surface area (Å²) in [5, 5.41) is 9.45. The molecule has 0 aromatic heterocycles. The number of hydrogen-bond donors (Lipinski definition) is 1. The van der Waals surface area contributed by atoms with Crippen molar-refractivity contribution in [2.24, 2.45) is 5.92 Å². The fourth-order valence-electron chi connectivity index (χ4n) is 2.79. The molecule has 0 bridgehead atoms. The summed E-state index contributed by atoms with van der Waals surface area (Å²) in [6.07, 6.45) is 3.31. The zero-order chi connectivity index (χ0) is 15.9. The van der Waals surface area contributed by atoms with Crippen molar-refractivity contribution in [1.29, 1.82) is 0 Å². The summed E-state index contributed by atoms with van der Waals surface area (Å²) in [5.41, 5.74) is 0. The van der Waals surface area contributed by atoms with Crippen LogP contribution in [0.4, 0.5) is 0 Å². The highest BCUT2D eigenvalue weighted by molar-refractivity contribution is 9.10. The molecule has 0 amide bonds. The van der Waals surface area contributed by atoms with Crippen LogP contribution in [0.1, 0.15) is 25.7 Å². The average Bonchev–Trinajstić information content (AvgIpc) is 2.48. The first-order valence-corrected chi connectivity index (χ1v) is 8.73. The fraction of sp³-hybridized carbons (Fsp3) is 0.562. The summed E-state index contributed by atoms with van der Waals surface area (Å²) >= 11 is 9.34. The number of rotatable bonds is 7. The molecule has 6 heteroatoms. The van der Waals surface area contributed by atoms with E-state index in [1.165, 1.54) is 0 Å². The Balaban J connectivity index is 1.73. The Labute approximate surface area is 144 Å². The minimum absolute atomic E-state index is 0.271. The van der Waals surface area contributed by atoms with Crippen LogP contribution in [0.15, 0.2) is 22.7 Å². The van der Waals surface area contributed by atoms with Gasteiger partial charge in [0.1, 0.15) is 12.4 Å². The molecule has 0 aliphatic carbocycles. The Morgan fingerprint density at radius 2 is 2.32 bits per heavy atom. The standard InChI is InChI=1S/C16H21BrClNO3/c17-14-10-13(18)4-5-15(14)22-9-8-19-7-1-2-12(11-19)3-6-16(20)21/h4-5,10,12H,1-3,6-9,11H2,(H,20,21). The van der Waals surface area contributed by atoms with Gasteiger partial charge in [0.15, 0.2) is 0 Å². The zero-order valence-electron chi connectivity index (χ0n) is 12.4. The maximum atomic E-state index is 10.7. The number of carbonyl (C=O) groups is 1. The minimum Gasteiger partial charge on any atom is -0.491 e. The van der Waals surface area contributed by atoms with Crippen LogP contribution in [0.2, 0.25) is 5.02 Å². The molecule has 22 heavy (non-hydrogen) atoms. The molecule has 1 N–H and O–H groups in total. The van der Waals surface area contributed by atoms with Gasteiger partial charge in [-0.3, -0.25) is 9.69 Å². The molecular weight excluding hydrogens is 370 g/mol. The number of likely N-dealkylation sites (tertiary alicyclic amines) is 1. The second-order valence-corrected chi connectivity index (χ2v) is 6.96. The second-order valence-electron chi connectivity index (χ2n) is 5.66. The number of hydrogen-bond acceptors (Lipinski definition) is 3. The van der Waals surface area contributed by atoms with Gasteiger partial charge in [-0.15, -0.1) is 0 Å². The Morgan fingerprint density at radius 1 is 1.50 bits per heavy atom. The molecule has 1 aromatic rings. The van der Waals surface area contributed by atoms with E-state index < -0.39 is 5.97 Å². The number of carboxylic acids is 1. The predicted molar refractivity (Wildman–Crippen MR) is 90.7 cm³/mol. The minimum atomic E-state index is -0.701. The van der Waals surface area contributed by atoms with Gasteiger partial charge in [0.25, 0.3) is 0 Å². The van der Waals surface area contributed by atoms with Crippen molar-refractivity contribution in [1.82, 2.24) is 4.90 Å². The smallest absolute Gasteiger partial charge is 0.303 e. The van der Waals surface area contributed by atoms with E-state index in [2.05, 4.69) is 20.8 Å². The van der Waals surface area contributed by atoms with Gasteiger partial charge in [-0.25, -0.2) is 0 Å². The molecule has 0 spiro atoms. The molecule has 1 atom stereocenters. The highest BCUT2D eigenvalue weighted by Crippen LogP contribution is 2.28. The maximum absolute atomic E-state index is 10.7. The summed E-state index contributed by atoms with van der Waals surface area (Å²) in [6.45, 7) is 3.51. The van der Waals surface area contributed by atoms with Crippen LogP contribution in [0.25, 0.3) is 0 Å². The molecule has 1 aliphatic heterocycles. The van der Waals surface area contributed by atoms with Crippen LogP contribution in [0, 0.1) is 5.92 Å². The fourth-order valence-corrected chi connectivity index (χ4v) is 3.59. The molecule has 122 valence electrons. The van der Waals surface area contributed by atoms with Crippen molar-refractivity contribution in [2.45, 2.75) is 25.7 Å². The van der Waals surface area contributed by atoms with Gasteiger partial charge in [0.05, 0.1) is 4.47 Å². The third-order valence-electron chi connectivity index (χ3n) is 3.93. The van der Waals surface area contributed by atoms with E-state index in [-0.39, 0.29) is 6.42 Å². The van der Waals surface area contributed by atoms with Crippen molar-refractivity contribution < 1.29 is 14.6 Å². The topological polar surface area (TPSA) is 49.8 Å². The first kappa shape index (κ1) is 17.6. The van der Waals surface area contributed by atoms with Crippen LogP contribution in [0.5, 0.6) is 5.75 Å². The van der Waals surface area contributed by atoms with E-state index in [0.29, 0.717) is 17.5 Å². The van der Waals surface area contributed by atoms with E-state index in [0.717, 1.165) is 49.1 Å². The lowest BCUT2D eigenvalue weighted by molar-refractivity contribution is -0.137. The molecule has 0 saturated carbocycles. The van der Waals surface area contributed by atoms with Gasteiger partial charge in [0.2, 0.25) is 0 Å². The zero-order valence-corrected chi connectivity index (χ0v) is 14.8. The molecule has 1 fully saturated rings. The van der Waals surface area contributed by atoms with Crippen molar-refractivity contribution in [2.75, 3.05) is 26.2 Å². The summed E-state index contributed by atoms with van der Waals surface area (Å²) in [4.78, 5) is 13.0. The molecule has 0 radical (unpaired) electrons. The van der Waals surface area contributed by atoms with Gasteiger partial charge in [-0.2, -0.15) is 0 Å². The lowest BCUT2D eigenvalue weighted by Gasteiger charge is -2.32. The van der Waals surface area contributed by atoms with Crippen LogP contribution < -0.4 is 4.74 Å². The van der Waals surface area contributed by atoms with Crippen molar-refractivity contribution in [3.8, 4) is 5.75 Å². The number of carboxylic acid groups (broad SMARTS) is 1. The van der Waals surface area contributed by atoms with Crippen LogP contribution >= 0.6 is 27.5 Å². The highest BCUT2D eigenvalue weighted by Gasteiger charge is 2.20. The molecule has 4 nitrogen and oxygen atoms in total. The Bertz CT molecular complexity index is 512. The number of nitrogens with zero attached hydrogens (tertiary/aromatic N) is 1. The van der Waals surface area contributed by atoms with Gasteiger partial charge in [-0.1, -0.05) is 11.6 Å². The van der Waals surface area contributed by atoms with E-state index in [1.54, 1.807) is 0 Å². The van der Waals surface area contributed by atoms with Gasteiger partial charge in [0, 0.05) is 24.5 Å². The van der Waals surface area contributed by atoms with E-state index in [9.17, 15) is 4.79 Å². The van der Waals surface area contributed by atoms with E-state index >= 15 is 0 Å². The number of halogens is 2. The van der Waals surface area contributed by atoms with Gasteiger partial charge >= 0.3 is 5.97 Å². The van der Waals surface area contributed by atoms with Crippen molar-refractivity contribution in [3.63, 3.8) is 0 Å². The Hall–Kier alpha value is -0.780. The largest absolute Gasteiger partial charge is 0.491 e. The average molecular weight is 391 g/mol.